The van der Waals surface area contributed by atoms with Gasteiger partial charge >= 0.3 is 0 Å². The van der Waals surface area contributed by atoms with Crippen LogP contribution in [-0.2, 0) is 33.6 Å². The van der Waals surface area contributed by atoms with Crippen molar-refractivity contribution in [1.82, 2.24) is 10.6 Å². The van der Waals surface area contributed by atoms with Crippen molar-refractivity contribution in [2.24, 2.45) is 35.0 Å². The molecule has 3 atom stereocenters. The molecule has 0 saturated carbocycles. The van der Waals surface area contributed by atoms with Crippen molar-refractivity contribution < 1.29 is 38.2 Å². The van der Waals surface area contributed by atoms with Gasteiger partial charge in [0.05, 0.1) is 42.5 Å². The predicted molar refractivity (Wildman–Crippen MR) is 261 cm³/mol. The van der Waals surface area contributed by atoms with Gasteiger partial charge in [-0.2, -0.15) is 0 Å². The molecular weight excluding hydrogens is 835 g/mol. The van der Waals surface area contributed by atoms with Crippen LogP contribution in [0, 0.1) is 17.8 Å². The van der Waals surface area contributed by atoms with Gasteiger partial charge in [0.25, 0.3) is 17.7 Å². The van der Waals surface area contributed by atoms with E-state index in [0.29, 0.717) is 79.2 Å². The summed E-state index contributed by atoms with van der Waals surface area (Å²) in [6, 6.07) is 14.4. The molecule has 0 aliphatic carbocycles. The Morgan fingerprint density at radius 2 is 1.05 bits per heavy atom. The average molecular weight is 912 g/mol. The van der Waals surface area contributed by atoms with Crippen LogP contribution in [-0.4, -0.2) is 73.0 Å². The van der Waals surface area contributed by atoms with Crippen LogP contribution in [0.15, 0.2) is 60.7 Å². The highest BCUT2D eigenvalue weighted by Crippen LogP contribution is 2.25. The Hall–Kier alpha value is -5.40. The molecule has 3 aromatic rings. The lowest BCUT2D eigenvalue weighted by Crippen LogP contribution is -2.43. The van der Waals surface area contributed by atoms with Crippen molar-refractivity contribution in [3.8, 4) is 11.5 Å². The lowest BCUT2D eigenvalue weighted by atomic mass is 9.94. The molecule has 0 saturated heterocycles. The molecule has 66 heavy (non-hydrogen) atoms. The second-order valence-electron chi connectivity index (χ2n) is 18.8. The molecule has 0 aliphatic rings. The summed E-state index contributed by atoms with van der Waals surface area (Å²) in [5.74, 6) is -1.21. The van der Waals surface area contributed by atoms with E-state index < -0.39 is 35.8 Å². The van der Waals surface area contributed by atoms with Crippen molar-refractivity contribution in [1.29, 1.82) is 0 Å². The number of primary amides is 1. The van der Waals surface area contributed by atoms with Crippen LogP contribution in [0.1, 0.15) is 160 Å². The fourth-order valence-corrected chi connectivity index (χ4v) is 7.72. The molecule has 0 unspecified atom stereocenters. The summed E-state index contributed by atoms with van der Waals surface area (Å²) in [6.07, 6.45) is 7.66. The van der Waals surface area contributed by atoms with Crippen LogP contribution in [0.25, 0.3) is 0 Å². The Bertz CT molecular complexity index is 2060. The number of hydrogen-bond donors (Lipinski definition) is 5. The zero-order valence-corrected chi connectivity index (χ0v) is 40.5. The number of benzene rings is 3. The van der Waals surface area contributed by atoms with Gasteiger partial charge in [-0.05, 0) is 122 Å². The minimum Gasteiger partial charge on any atom is -0.493 e. The number of nitrogens with one attached hydrogen (secondary N) is 2. The fourth-order valence-electron chi connectivity index (χ4n) is 7.72. The molecule has 0 aromatic heterocycles. The lowest BCUT2D eigenvalue weighted by molar-refractivity contribution is -0.121. The van der Waals surface area contributed by atoms with E-state index in [9.17, 15) is 28.8 Å². The largest absolute Gasteiger partial charge is 0.493 e. The van der Waals surface area contributed by atoms with E-state index in [0.717, 1.165) is 38.5 Å². The summed E-state index contributed by atoms with van der Waals surface area (Å²) in [5.41, 5.74) is 20.0. The molecule has 0 bridgehead atoms. The summed E-state index contributed by atoms with van der Waals surface area (Å²) in [5, 5.41) is 5.89. The van der Waals surface area contributed by atoms with Crippen molar-refractivity contribution in [2.75, 3.05) is 19.8 Å². The van der Waals surface area contributed by atoms with Crippen molar-refractivity contribution >= 4 is 35.1 Å². The van der Waals surface area contributed by atoms with E-state index in [4.69, 9.17) is 26.7 Å². The molecule has 0 fully saturated rings. The van der Waals surface area contributed by atoms with E-state index in [2.05, 4.69) is 17.6 Å². The van der Waals surface area contributed by atoms with Crippen molar-refractivity contribution in [2.45, 2.75) is 150 Å². The average Bonchev–Trinajstić information content (AvgIpc) is 3.25. The molecule has 0 aliphatic heterocycles. The summed E-state index contributed by atoms with van der Waals surface area (Å²) >= 11 is 0. The van der Waals surface area contributed by atoms with Gasteiger partial charge in [-0.1, -0.05) is 92.0 Å². The Balaban J connectivity index is 1.86. The van der Waals surface area contributed by atoms with Crippen LogP contribution in [0.4, 0.5) is 0 Å². The normalized spacial score (nSPS) is 12.7. The van der Waals surface area contributed by atoms with Gasteiger partial charge in [0, 0.05) is 24.8 Å². The highest BCUT2D eigenvalue weighted by Gasteiger charge is 2.27. The topological polar surface area (TPSA) is 223 Å². The summed E-state index contributed by atoms with van der Waals surface area (Å²) < 4.78 is 12.0. The van der Waals surface area contributed by atoms with Crippen LogP contribution in [0.5, 0.6) is 11.5 Å². The van der Waals surface area contributed by atoms with Crippen molar-refractivity contribution in [3.63, 3.8) is 0 Å². The number of amides is 3. The van der Waals surface area contributed by atoms with Gasteiger partial charge in [0.2, 0.25) is 0 Å². The molecule has 3 aromatic carbocycles. The molecule has 362 valence electrons. The number of carbonyl (C=O) groups excluding carboxylic acids is 6. The molecule has 0 spiro atoms. The van der Waals surface area contributed by atoms with E-state index in [-0.39, 0.29) is 65.5 Å². The summed E-state index contributed by atoms with van der Waals surface area (Å²) in [7, 11) is 0. The van der Waals surface area contributed by atoms with Crippen LogP contribution < -0.4 is 37.3 Å². The molecule has 13 heteroatoms. The Kier molecular flexibility index (Phi) is 23.8. The van der Waals surface area contributed by atoms with Gasteiger partial charge in [-0.15, -0.1) is 0 Å². The number of unbranched alkanes of at least 4 members (excludes halogenated alkanes) is 5. The first-order valence-electron chi connectivity index (χ1n) is 24.0. The highest BCUT2D eigenvalue weighted by molar-refractivity contribution is 6.02. The van der Waals surface area contributed by atoms with Gasteiger partial charge in [0.1, 0.15) is 11.5 Å². The van der Waals surface area contributed by atoms with E-state index in [1.54, 1.807) is 60.7 Å². The number of hydrogen-bond acceptors (Lipinski definition) is 10. The maximum Gasteiger partial charge on any atom is 0.255 e. The maximum absolute atomic E-state index is 14.3. The van der Waals surface area contributed by atoms with E-state index in [1.165, 1.54) is 0 Å². The Morgan fingerprint density at radius 3 is 1.56 bits per heavy atom. The Labute approximate surface area is 393 Å². The monoisotopic (exact) mass is 912 g/mol. The third kappa shape index (κ3) is 19.2. The first kappa shape index (κ1) is 54.9. The number of ketones is 3. The number of carbonyl (C=O) groups is 6. The van der Waals surface area contributed by atoms with E-state index in [1.807, 2.05) is 41.5 Å². The van der Waals surface area contributed by atoms with Gasteiger partial charge < -0.3 is 37.3 Å². The molecule has 0 radical (unpaired) electrons. The quantitative estimate of drug-likeness (QED) is 0.0385. The summed E-state index contributed by atoms with van der Waals surface area (Å²) in [4.78, 5) is 81.2. The molecule has 13 nitrogen and oxygen atoms in total. The first-order chi connectivity index (χ1) is 31.4. The van der Waals surface area contributed by atoms with Crippen LogP contribution in [0.2, 0.25) is 0 Å². The highest BCUT2D eigenvalue weighted by atomic mass is 16.5. The minimum absolute atomic E-state index is 0.0391. The third-order valence-electron chi connectivity index (χ3n) is 11.2. The van der Waals surface area contributed by atoms with Gasteiger partial charge in [-0.25, -0.2) is 0 Å². The number of ether oxygens (including phenoxy) is 2. The predicted octanol–water partition coefficient (Wildman–Crippen LogP) is 7.65. The lowest BCUT2D eigenvalue weighted by Gasteiger charge is -2.22. The zero-order valence-electron chi connectivity index (χ0n) is 40.5. The number of rotatable bonds is 32. The molecule has 0 heterocycles. The van der Waals surface area contributed by atoms with Gasteiger partial charge in [0.15, 0.2) is 17.3 Å². The van der Waals surface area contributed by atoms with Crippen LogP contribution >= 0.6 is 0 Å². The molecule has 3 amide bonds. The minimum atomic E-state index is -0.884. The second-order valence-corrected chi connectivity index (χ2v) is 18.8. The van der Waals surface area contributed by atoms with Crippen LogP contribution in [0.3, 0.4) is 0 Å². The maximum atomic E-state index is 14.3. The number of nitrogens with two attached hydrogens (primary N) is 3. The first-order valence-corrected chi connectivity index (χ1v) is 24.0. The third-order valence-corrected chi connectivity index (χ3v) is 11.2. The number of Topliss-reactive ketones (excluding diaryl/α,β-unsaturated/α-hetero) is 3. The second kappa shape index (κ2) is 28.6. The standard InChI is InChI=1S/C53H77N5O8/c1-8-9-10-13-23-65-49-20-18-38(29-41(49)51(56)62)32-48(61)45(27-36(6)7)58-53(64)42-30-39(19-21-50(42)66-24-14-11-12-22-54)33-47(60)44(26-35(4)5)57-52(63)40-17-15-16-37(28-40)31-46(59)43(55)25-34(2)3/h15-21,28-30,34-36,43-45H,8-14,22-27,31-33,54-55H2,1-7H3,(H2,56,62)(H,57,63)(H,58,64)/t43-,44+,45-/m0/s1. The fraction of sp³-hybridized carbons (Fsp3) is 0.547. The summed E-state index contributed by atoms with van der Waals surface area (Å²) in [6.45, 7) is 15.3. The SMILES string of the molecule is CCCCCCOc1ccc(CC(=O)[C@H](CC(C)C)NC(=O)c2cc(CC(=O)[C@@H](CC(C)C)NC(=O)c3cccc(CC(=O)[C@@H](N)CC(C)C)c3)ccc2OCCCCCN)cc1C(N)=O. The molecule has 3 rings (SSSR count). The zero-order chi connectivity index (χ0) is 48.8. The van der Waals surface area contributed by atoms with Crippen molar-refractivity contribution in [3.05, 3.63) is 94.0 Å². The van der Waals surface area contributed by atoms with E-state index >= 15 is 0 Å². The molecular formula is C53H77N5O8. The smallest absolute Gasteiger partial charge is 0.255 e. The Morgan fingerprint density at radius 1 is 0.561 bits per heavy atom. The molecule has 8 N–H and O–H groups in total. The van der Waals surface area contributed by atoms with Gasteiger partial charge in [-0.3, -0.25) is 28.8 Å².